The molecule has 0 saturated heterocycles. The fourth-order valence-corrected chi connectivity index (χ4v) is 2.69. The molecule has 176 valence electrons. The Labute approximate surface area is 207 Å². The van der Waals surface area contributed by atoms with Gasteiger partial charge in [0.15, 0.2) is 5.69 Å². The molecule has 33 heavy (non-hydrogen) atoms. The molecule has 0 atom stereocenters. The summed E-state index contributed by atoms with van der Waals surface area (Å²) in [7, 11) is 0. The van der Waals surface area contributed by atoms with E-state index >= 15 is 0 Å². The Morgan fingerprint density at radius 3 is 2.27 bits per heavy atom. The number of nitrogen functional groups attached to an aromatic ring is 1. The van der Waals surface area contributed by atoms with E-state index in [1.165, 1.54) is 12.4 Å². The summed E-state index contributed by atoms with van der Waals surface area (Å²) in [6, 6.07) is 7.55. The molecule has 2 heterocycles. The normalized spacial score (nSPS) is 11.5. The summed E-state index contributed by atoms with van der Waals surface area (Å²) >= 11 is 0. The summed E-state index contributed by atoms with van der Waals surface area (Å²) in [5.74, 6) is 1.11. The molecule has 0 saturated carbocycles. The summed E-state index contributed by atoms with van der Waals surface area (Å²) in [5.41, 5.74) is 7.79. The number of aliphatic imine (C=N–C) groups is 1. The van der Waals surface area contributed by atoms with Crippen LogP contribution in [-0.2, 0) is 22.4 Å². The van der Waals surface area contributed by atoms with Gasteiger partial charge in [0.2, 0.25) is 5.95 Å². The number of rotatable bonds is 7. The fraction of sp³-hybridized carbons (Fsp3) is 0.227. The number of nitrogens with zero attached hydrogens (tertiary/aromatic N) is 5. The molecule has 0 aliphatic rings. The molecule has 7 N–H and O–H groups in total. The number of aromatic nitrogens is 4. The summed E-state index contributed by atoms with van der Waals surface area (Å²) in [6.07, 6.45) is 6.18. The number of hydrogen-bond donors (Lipinski definition) is 4. The monoisotopic (exact) mass is 631 g/mol. The van der Waals surface area contributed by atoms with Gasteiger partial charge >= 0.3 is 28.3 Å². The maximum Gasteiger partial charge on any atom is 1.00 e. The van der Waals surface area contributed by atoms with Crippen LogP contribution in [0.4, 0.5) is 11.8 Å². The van der Waals surface area contributed by atoms with E-state index in [4.69, 9.17) is 16.2 Å². The second-order valence-electron chi connectivity index (χ2n) is 7.80. The Hall–Kier alpha value is -3.31. The molecule has 0 radical (unpaired) electrons. The molecule has 2 aromatic heterocycles. The predicted molar refractivity (Wildman–Crippen MR) is 125 cm³/mol. The zero-order chi connectivity index (χ0) is 23.3. The Morgan fingerprint density at radius 1 is 1.09 bits per heavy atom. The largest absolute Gasteiger partial charge is 1.00 e. The SMILES string of the molecule is C[C-](C(=N)N=C([OH2+])c1cnc(NC(C)(C)CO)cn1)c1ccc(-c2cnc(N)nc2)cc1.[Au+]. The first-order valence-corrected chi connectivity index (χ1v) is 9.81. The summed E-state index contributed by atoms with van der Waals surface area (Å²) in [4.78, 5) is 20.4. The maximum atomic E-state index is 9.33. The van der Waals surface area contributed by atoms with Crippen molar-refractivity contribution in [3.8, 4) is 11.1 Å². The van der Waals surface area contributed by atoms with Crippen molar-refractivity contribution >= 4 is 23.5 Å². The summed E-state index contributed by atoms with van der Waals surface area (Å²) in [6.45, 7) is 5.37. The van der Waals surface area contributed by atoms with E-state index < -0.39 is 5.54 Å². The van der Waals surface area contributed by atoms with Crippen LogP contribution in [0.2, 0.25) is 0 Å². The van der Waals surface area contributed by atoms with E-state index in [1.54, 1.807) is 19.3 Å². The van der Waals surface area contributed by atoms with Gasteiger partial charge in [0.1, 0.15) is 11.7 Å². The number of aliphatic hydroxyl groups is 1. The minimum Gasteiger partial charge on any atom is -0.577 e. The zero-order valence-corrected chi connectivity index (χ0v) is 20.6. The molecular weight excluding hydrogens is 605 g/mol. The fourth-order valence-electron chi connectivity index (χ4n) is 2.69. The van der Waals surface area contributed by atoms with Crippen LogP contribution in [0, 0.1) is 11.3 Å². The van der Waals surface area contributed by atoms with Gasteiger partial charge in [-0.25, -0.2) is 19.9 Å². The number of amidine groups is 1. The molecular formula is C22H26AuN8O2+. The molecule has 3 aromatic rings. The van der Waals surface area contributed by atoms with E-state index in [0.717, 1.165) is 16.7 Å². The number of benzene rings is 1. The van der Waals surface area contributed by atoms with Crippen molar-refractivity contribution in [1.82, 2.24) is 19.9 Å². The van der Waals surface area contributed by atoms with Crippen LogP contribution < -0.4 is 11.1 Å². The number of anilines is 2. The van der Waals surface area contributed by atoms with Crippen LogP contribution in [0.5, 0.6) is 0 Å². The first kappa shape index (κ1) is 25.9. The van der Waals surface area contributed by atoms with E-state index in [1.807, 2.05) is 38.1 Å². The maximum absolute atomic E-state index is 9.33. The third kappa shape index (κ3) is 6.83. The van der Waals surface area contributed by atoms with Gasteiger partial charge in [0.25, 0.3) is 0 Å². The van der Waals surface area contributed by atoms with E-state index in [2.05, 4.69) is 30.2 Å². The summed E-state index contributed by atoms with van der Waals surface area (Å²) < 4.78 is 0. The minimum absolute atomic E-state index is 0. The Kier molecular flexibility index (Phi) is 8.66. The molecule has 0 bridgehead atoms. The standard InChI is InChI=1S/C22H25N8O2.Au/c1-13(14-4-6-15(7-5-14)16-8-27-21(24)28-9-16)19(23)29-20(32)17-10-26-18(11-25-17)30-22(2,3)12-31;/h4-11,31H,12H2,1-3H3,(H,26,30)(H2,23,29,32)(H2,24,27,28);/q-1;+1/p+1. The van der Waals surface area contributed by atoms with Crippen LogP contribution in [0.1, 0.15) is 32.0 Å². The molecule has 11 heteroatoms. The van der Waals surface area contributed by atoms with Gasteiger partial charge in [-0.2, -0.15) is 22.7 Å². The number of aliphatic hydroxyl groups excluding tert-OH is 1. The third-order valence-corrected chi connectivity index (χ3v) is 4.66. The van der Waals surface area contributed by atoms with Gasteiger partial charge in [-0.15, -0.1) is 18.1 Å². The summed E-state index contributed by atoms with van der Waals surface area (Å²) in [5, 5.41) is 28.8. The van der Waals surface area contributed by atoms with Gasteiger partial charge in [0, 0.05) is 18.0 Å². The van der Waals surface area contributed by atoms with Crippen molar-refractivity contribution < 1.29 is 32.6 Å². The Balaban J connectivity index is 0.00000385. The molecule has 0 aliphatic heterocycles. The number of hydrogen-bond acceptors (Lipinski definition) is 8. The molecule has 0 fully saturated rings. The van der Waals surface area contributed by atoms with E-state index in [9.17, 15) is 5.11 Å². The molecule has 0 spiro atoms. The average molecular weight is 631 g/mol. The Bertz CT molecular complexity index is 1100. The first-order valence-electron chi connectivity index (χ1n) is 9.81. The van der Waals surface area contributed by atoms with Crippen LogP contribution in [0.15, 0.2) is 54.0 Å². The topological polar surface area (TPSA) is 169 Å². The molecule has 0 amide bonds. The van der Waals surface area contributed by atoms with Crippen molar-refractivity contribution in [2.45, 2.75) is 26.3 Å². The number of nitrogens with two attached hydrogens (primary N) is 1. The second-order valence-corrected chi connectivity index (χ2v) is 7.80. The molecule has 10 nitrogen and oxygen atoms in total. The molecule has 1 aromatic carbocycles. The first-order chi connectivity index (χ1) is 15.2. The predicted octanol–water partition coefficient (Wildman–Crippen LogP) is 1.79. The molecule has 0 aliphatic carbocycles. The number of nitrogens with one attached hydrogen (secondary N) is 2. The quantitative estimate of drug-likeness (QED) is 0.101. The van der Waals surface area contributed by atoms with E-state index in [0.29, 0.717) is 11.7 Å². The van der Waals surface area contributed by atoms with Gasteiger partial charge in [-0.05, 0) is 19.4 Å². The van der Waals surface area contributed by atoms with Crippen molar-refractivity contribution in [2.24, 2.45) is 4.99 Å². The zero-order valence-electron chi connectivity index (χ0n) is 18.4. The van der Waals surface area contributed by atoms with Gasteiger partial charge in [-0.1, -0.05) is 6.92 Å². The van der Waals surface area contributed by atoms with Crippen LogP contribution in [0.3, 0.4) is 0 Å². The smallest absolute Gasteiger partial charge is 0.577 e. The van der Waals surface area contributed by atoms with Crippen LogP contribution in [0.25, 0.3) is 11.1 Å². The Morgan fingerprint density at radius 2 is 1.73 bits per heavy atom. The molecule has 3 rings (SSSR count). The van der Waals surface area contributed by atoms with Crippen molar-refractivity contribution in [2.75, 3.05) is 17.7 Å². The third-order valence-electron chi connectivity index (χ3n) is 4.66. The van der Waals surface area contributed by atoms with Crippen LogP contribution in [-0.4, -0.2) is 54.0 Å². The molecule has 0 unspecified atom stereocenters. The minimum atomic E-state index is -0.543. The van der Waals surface area contributed by atoms with Crippen LogP contribution >= 0.6 is 0 Å². The second kappa shape index (κ2) is 11.0. The van der Waals surface area contributed by atoms with Crippen molar-refractivity contribution in [1.29, 1.82) is 5.41 Å². The van der Waals surface area contributed by atoms with Gasteiger partial charge in [-0.3, -0.25) is 5.41 Å². The average Bonchev–Trinajstić information content (AvgIpc) is 2.79. The van der Waals surface area contributed by atoms with Crippen molar-refractivity contribution in [3.05, 3.63) is 66.2 Å². The van der Waals surface area contributed by atoms with Gasteiger partial charge in [0.05, 0.1) is 24.5 Å². The van der Waals surface area contributed by atoms with Crippen molar-refractivity contribution in [3.63, 3.8) is 0 Å². The van der Waals surface area contributed by atoms with E-state index in [-0.39, 0.29) is 52.4 Å². The van der Waals surface area contributed by atoms with Gasteiger partial charge < -0.3 is 21.3 Å².